The second-order valence-electron chi connectivity index (χ2n) is 5.10. The molecular weight excluding hydrogens is 276 g/mol. The Hall–Kier alpha value is -2.33. The van der Waals surface area contributed by atoms with Crippen LogP contribution in [0.5, 0.6) is 5.75 Å². The Bertz CT molecular complexity index is 582. The molecule has 0 bridgehead atoms. The van der Waals surface area contributed by atoms with E-state index in [-0.39, 0.29) is 11.9 Å². The van der Waals surface area contributed by atoms with Crippen LogP contribution in [0.2, 0.25) is 0 Å². The topological polar surface area (TPSA) is 50.4 Å². The number of nitrogens with one attached hydrogen (secondary N) is 2. The molecular formula is C18H22N2O2. The molecule has 0 unspecified atom stereocenters. The fraction of sp³-hybridized carbons (Fsp3) is 0.278. The van der Waals surface area contributed by atoms with Gasteiger partial charge in [-0.05, 0) is 36.7 Å². The fourth-order valence-corrected chi connectivity index (χ4v) is 2.23. The van der Waals surface area contributed by atoms with Crippen molar-refractivity contribution in [2.75, 3.05) is 14.2 Å². The van der Waals surface area contributed by atoms with Crippen molar-refractivity contribution >= 4 is 5.91 Å². The molecule has 2 aromatic carbocycles. The van der Waals surface area contributed by atoms with Gasteiger partial charge in [-0.25, -0.2) is 0 Å². The van der Waals surface area contributed by atoms with E-state index in [4.69, 9.17) is 4.74 Å². The molecule has 0 fully saturated rings. The monoisotopic (exact) mass is 298 g/mol. The predicted octanol–water partition coefficient (Wildman–Crippen LogP) is 2.14. The summed E-state index contributed by atoms with van der Waals surface area (Å²) in [5.74, 6) is 0.814. The van der Waals surface area contributed by atoms with Gasteiger partial charge in [-0.2, -0.15) is 0 Å². The van der Waals surface area contributed by atoms with Crippen LogP contribution < -0.4 is 15.4 Å². The van der Waals surface area contributed by atoms with E-state index in [9.17, 15) is 4.79 Å². The summed E-state index contributed by atoms with van der Waals surface area (Å²) in [4.78, 5) is 12.3. The van der Waals surface area contributed by atoms with Crippen molar-refractivity contribution in [2.45, 2.75) is 19.0 Å². The van der Waals surface area contributed by atoms with E-state index in [1.165, 1.54) is 0 Å². The van der Waals surface area contributed by atoms with Crippen molar-refractivity contribution in [3.8, 4) is 5.75 Å². The highest BCUT2D eigenvalue weighted by atomic mass is 16.5. The third kappa shape index (κ3) is 4.60. The Balaban J connectivity index is 1.88. The van der Waals surface area contributed by atoms with Crippen LogP contribution in [0.4, 0.5) is 0 Å². The number of carbonyl (C=O) groups excluding carboxylic acids is 1. The lowest BCUT2D eigenvalue weighted by atomic mass is 10.1. The van der Waals surface area contributed by atoms with Crippen LogP contribution in [-0.2, 0) is 17.8 Å². The molecule has 2 N–H and O–H groups in total. The van der Waals surface area contributed by atoms with Crippen LogP contribution in [0, 0.1) is 0 Å². The summed E-state index contributed by atoms with van der Waals surface area (Å²) in [6, 6.07) is 17.4. The Morgan fingerprint density at radius 2 is 1.73 bits per heavy atom. The van der Waals surface area contributed by atoms with E-state index in [0.717, 1.165) is 16.9 Å². The molecule has 4 heteroatoms. The van der Waals surface area contributed by atoms with Gasteiger partial charge in [0.05, 0.1) is 13.2 Å². The molecule has 2 aromatic rings. The van der Waals surface area contributed by atoms with Crippen molar-refractivity contribution < 1.29 is 9.53 Å². The van der Waals surface area contributed by atoms with Gasteiger partial charge in [-0.3, -0.25) is 4.79 Å². The molecule has 1 atom stereocenters. The highest BCUT2D eigenvalue weighted by Gasteiger charge is 2.16. The van der Waals surface area contributed by atoms with Gasteiger partial charge < -0.3 is 15.4 Å². The van der Waals surface area contributed by atoms with Gasteiger partial charge >= 0.3 is 0 Å². The standard InChI is InChI=1S/C18H22N2O2/c1-19-17(12-14-6-4-3-5-7-14)18(21)20-13-15-8-10-16(22-2)11-9-15/h3-11,17,19H,12-13H2,1-2H3,(H,20,21)/t17-/m0/s1. The van der Waals surface area contributed by atoms with Crippen LogP contribution >= 0.6 is 0 Å². The van der Waals surface area contributed by atoms with Gasteiger partial charge in [0.1, 0.15) is 5.75 Å². The van der Waals surface area contributed by atoms with E-state index in [2.05, 4.69) is 10.6 Å². The third-order valence-corrected chi connectivity index (χ3v) is 3.57. The lowest BCUT2D eigenvalue weighted by Crippen LogP contribution is -2.43. The number of hydrogen-bond acceptors (Lipinski definition) is 3. The zero-order valence-electron chi connectivity index (χ0n) is 13.0. The van der Waals surface area contributed by atoms with Crippen LogP contribution in [-0.4, -0.2) is 26.1 Å². The molecule has 0 aromatic heterocycles. The number of hydrogen-bond donors (Lipinski definition) is 2. The van der Waals surface area contributed by atoms with Gasteiger partial charge in [0, 0.05) is 6.54 Å². The number of ether oxygens (including phenoxy) is 1. The quantitative estimate of drug-likeness (QED) is 0.823. The fourth-order valence-electron chi connectivity index (χ4n) is 2.23. The summed E-state index contributed by atoms with van der Waals surface area (Å²) >= 11 is 0. The lowest BCUT2D eigenvalue weighted by molar-refractivity contribution is -0.123. The smallest absolute Gasteiger partial charge is 0.237 e. The number of carbonyl (C=O) groups is 1. The number of rotatable bonds is 7. The molecule has 0 saturated carbocycles. The first-order valence-electron chi connectivity index (χ1n) is 7.34. The summed E-state index contributed by atoms with van der Waals surface area (Å²) in [6.45, 7) is 0.510. The van der Waals surface area contributed by atoms with Gasteiger partial charge in [-0.15, -0.1) is 0 Å². The van der Waals surface area contributed by atoms with Crippen LogP contribution in [0.3, 0.4) is 0 Å². The molecule has 1 amide bonds. The van der Waals surface area contributed by atoms with Crippen molar-refractivity contribution in [1.29, 1.82) is 0 Å². The van der Waals surface area contributed by atoms with Crippen LogP contribution in [0.25, 0.3) is 0 Å². The summed E-state index contributed by atoms with van der Waals surface area (Å²) in [5.41, 5.74) is 2.19. The summed E-state index contributed by atoms with van der Waals surface area (Å²) in [6.07, 6.45) is 0.672. The number of amides is 1. The summed E-state index contributed by atoms with van der Waals surface area (Å²) < 4.78 is 5.12. The molecule has 116 valence electrons. The molecule has 2 rings (SSSR count). The second-order valence-corrected chi connectivity index (χ2v) is 5.10. The largest absolute Gasteiger partial charge is 0.497 e. The number of methoxy groups -OCH3 is 1. The van der Waals surface area contributed by atoms with Crippen molar-refractivity contribution in [1.82, 2.24) is 10.6 Å². The van der Waals surface area contributed by atoms with Gasteiger partial charge in [0.25, 0.3) is 0 Å². The van der Waals surface area contributed by atoms with Gasteiger partial charge in [-0.1, -0.05) is 42.5 Å². The van der Waals surface area contributed by atoms with Gasteiger partial charge in [0.2, 0.25) is 5.91 Å². The zero-order chi connectivity index (χ0) is 15.8. The zero-order valence-corrected chi connectivity index (χ0v) is 13.0. The van der Waals surface area contributed by atoms with Crippen molar-refractivity contribution in [3.05, 3.63) is 65.7 Å². The predicted molar refractivity (Wildman–Crippen MR) is 87.8 cm³/mol. The maximum atomic E-state index is 12.3. The Labute approximate surface area is 131 Å². The van der Waals surface area contributed by atoms with Crippen LogP contribution in [0.15, 0.2) is 54.6 Å². The summed E-state index contributed by atoms with van der Waals surface area (Å²) in [7, 11) is 3.44. The minimum absolute atomic E-state index is 0.00201. The van der Waals surface area contributed by atoms with Crippen molar-refractivity contribution in [3.63, 3.8) is 0 Å². The molecule has 0 aliphatic rings. The highest BCUT2D eigenvalue weighted by molar-refractivity contribution is 5.82. The molecule has 0 saturated heterocycles. The van der Waals surface area contributed by atoms with E-state index >= 15 is 0 Å². The average Bonchev–Trinajstić information content (AvgIpc) is 2.59. The SMILES string of the molecule is CN[C@@H](Cc1ccccc1)C(=O)NCc1ccc(OC)cc1. The molecule has 0 heterocycles. The van der Waals surface area contributed by atoms with E-state index in [1.54, 1.807) is 14.2 Å². The van der Waals surface area contributed by atoms with E-state index in [1.807, 2.05) is 54.6 Å². The lowest BCUT2D eigenvalue weighted by Gasteiger charge is -2.16. The molecule has 0 aliphatic heterocycles. The normalized spacial score (nSPS) is 11.7. The number of benzene rings is 2. The first-order valence-corrected chi connectivity index (χ1v) is 7.34. The molecule has 0 radical (unpaired) electrons. The first-order chi connectivity index (χ1) is 10.7. The van der Waals surface area contributed by atoms with Gasteiger partial charge in [0.15, 0.2) is 0 Å². The first kappa shape index (κ1) is 16.0. The highest BCUT2D eigenvalue weighted by Crippen LogP contribution is 2.11. The Kier molecular flexibility index (Phi) is 5.98. The number of likely N-dealkylation sites (N-methyl/N-ethyl adjacent to an activating group) is 1. The maximum Gasteiger partial charge on any atom is 0.237 e. The average molecular weight is 298 g/mol. The van der Waals surface area contributed by atoms with Crippen LogP contribution in [0.1, 0.15) is 11.1 Å². The molecule has 22 heavy (non-hydrogen) atoms. The Morgan fingerprint density at radius 1 is 1.05 bits per heavy atom. The molecule has 0 spiro atoms. The third-order valence-electron chi connectivity index (χ3n) is 3.57. The second kappa shape index (κ2) is 8.20. The van der Waals surface area contributed by atoms with Crippen molar-refractivity contribution in [2.24, 2.45) is 0 Å². The Morgan fingerprint density at radius 3 is 2.32 bits per heavy atom. The van der Waals surface area contributed by atoms with E-state index in [0.29, 0.717) is 13.0 Å². The minimum Gasteiger partial charge on any atom is -0.497 e. The molecule has 0 aliphatic carbocycles. The van der Waals surface area contributed by atoms with E-state index < -0.39 is 0 Å². The summed E-state index contributed by atoms with van der Waals surface area (Å²) in [5, 5.41) is 6.04. The molecule has 4 nitrogen and oxygen atoms in total. The minimum atomic E-state index is -0.236. The maximum absolute atomic E-state index is 12.3.